The molecule has 5 saturated carbocycles. The second-order valence-corrected chi connectivity index (χ2v) is 13.6. The summed E-state index contributed by atoms with van der Waals surface area (Å²) in [5.74, 6) is 7.19. The molecule has 0 amide bonds. The Labute approximate surface area is 180 Å². The molecule has 5 aliphatic carbocycles. The van der Waals surface area contributed by atoms with E-state index in [2.05, 4.69) is 34.6 Å². The van der Waals surface area contributed by atoms with Crippen molar-refractivity contribution in [3.8, 4) is 0 Å². The Morgan fingerprint density at radius 2 is 1.62 bits per heavy atom. The van der Waals surface area contributed by atoms with Gasteiger partial charge in [0.2, 0.25) is 0 Å². The van der Waals surface area contributed by atoms with E-state index in [0.29, 0.717) is 5.41 Å². The Kier molecular flexibility index (Phi) is 5.02. The number of fused-ring (bicyclic) bond motifs is 6. The molecule has 5 aliphatic rings. The summed E-state index contributed by atoms with van der Waals surface area (Å²) in [6, 6.07) is 0. The van der Waals surface area contributed by atoms with Crippen LogP contribution < -0.4 is 0 Å². The molecule has 0 unspecified atom stereocenters. The van der Waals surface area contributed by atoms with Gasteiger partial charge in [0.25, 0.3) is 0 Å². The van der Waals surface area contributed by atoms with E-state index in [1.807, 2.05) is 0 Å². The van der Waals surface area contributed by atoms with Crippen LogP contribution in [0.4, 0.5) is 0 Å². The van der Waals surface area contributed by atoms with Crippen LogP contribution in [0.15, 0.2) is 0 Å². The predicted octanol–water partition coefficient (Wildman–Crippen LogP) is 7.47. The van der Waals surface area contributed by atoms with Gasteiger partial charge in [0.15, 0.2) is 0 Å². The van der Waals surface area contributed by atoms with Gasteiger partial charge in [-0.3, -0.25) is 0 Å². The molecular weight excluding hydrogens is 352 g/mol. The highest BCUT2D eigenvalue weighted by Crippen LogP contribution is 2.72. The molecule has 0 bridgehead atoms. The minimum Gasteiger partial charge on any atom is -0.389 e. The molecule has 1 N–H and O–H groups in total. The first-order valence-electron chi connectivity index (χ1n) is 13.4. The molecule has 0 spiro atoms. The lowest BCUT2D eigenvalue weighted by Gasteiger charge is -2.63. The molecule has 0 aliphatic heterocycles. The second-order valence-electron chi connectivity index (χ2n) is 13.6. The monoisotopic (exact) mass is 400 g/mol. The number of aliphatic hydroxyl groups is 1. The lowest BCUT2D eigenvalue weighted by atomic mass is 9.43. The maximum Gasteiger partial charge on any atom is 0.0706 e. The first-order valence-corrected chi connectivity index (χ1v) is 13.4. The van der Waals surface area contributed by atoms with Crippen molar-refractivity contribution < 1.29 is 5.11 Å². The van der Waals surface area contributed by atoms with Crippen LogP contribution in [0.5, 0.6) is 0 Å². The summed E-state index contributed by atoms with van der Waals surface area (Å²) in [6.07, 6.45) is 16.4. The van der Waals surface area contributed by atoms with Gasteiger partial charge in [-0.05, 0) is 116 Å². The molecule has 0 aromatic carbocycles. The van der Waals surface area contributed by atoms with Crippen LogP contribution in [0.3, 0.4) is 0 Å². The van der Waals surface area contributed by atoms with Crippen LogP contribution >= 0.6 is 0 Å². The average molecular weight is 401 g/mol. The molecule has 5 fully saturated rings. The highest BCUT2D eigenvalue weighted by Gasteiger charge is 2.67. The molecule has 0 radical (unpaired) electrons. The summed E-state index contributed by atoms with van der Waals surface area (Å²) in [7, 11) is 0. The van der Waals surface area contributed by atoms with Crippen molar-refractivity contribution in [1.82, 2.24) is 0 Å². The summed E-state index contributed by atoms with van der Waals surface area (Å²) in [4.78, 5) is 0. The van der Waals surface area contributed by atoms with Crippen molar-refractivity contribution in [2.45, 2.75) is 117 Å². The molecule has 1 heteroatoms. The van der Waals surface area contributed by atoms with E-state index in [-0.39, 0.29) is 11.0 Å². The van der Waals surface area contributed by atoms with Gasteiger partial charge in [0.05, 0.1) is 5.60 Å². The molecule has 1 nitrogen and oxygen atoms in total. The van der Waals surface area contributed by atoms with Gasteiger partial charge in [0.1, 0.15) is 0 Å². The summed E-state index contributed by atoms with van der Waals surface area (Å²) in [6.45, 7) is 12.6. The molecular formula is C28H48O. The number of hydrogen-bond acceptors (Lipinski definition) is 1. The minimum atomic E-state index is -0.332. The fourth-order valence-corrected chi connectivity index (χ4v) is 10.0. The van der Waals surface area contributed by atoms with Crippen LogP contribution in [0, 0.1) is 58.2 Å². The van der Waals surface area contributed by atoms with Gasteiger partial charge >= 0.3 is 0 Å². The molecule has 0 aromatic heterocycles. The Hall–Kier alpha value is -0.0400. The molecule has 5 rings (SSSR count). The van der Waals surface area contributed by atoms with Gasteiger partial charge in [0, 0.05) is 0 Å². The van der Waals surface area contributed by atoms with Gasteiger partial charge in [-0.1, -0.05) is 53.9 Å². The molecule has 166 valence electrons. The van der Waals surface area contributed by atoms with Crippen molar-refractivity contribution in [2.24, 2.45) is 58.2 Å². The van der Waals surface area contributed by atoms with Crippen molar-refractivity contribution in [3.05, 3.63) is 0 Å². The lowest BCUT2D eigenvalue weighted by Crippen LogP contribution is -2.61. The standard InChI is InChI=1S/C28H48O/c1-18(2)7-6-8-19(3)23-9-10-24-22-11-14-28(29)17-21-15-20(21)16-27(28,5)25(22)12-13-26(23,24)4/h18-25,29H,6-17H2,1-5H3/t19-,20-,21+,22+,23-,24+,25+,26-,27-,28-/m1/s1. The maximum atomic E-state index is 11.8. The average Bonchev–Trinajstić information content (AvgIpc) is 3.26. The van der Waals surface area contributed by atoms with E-state index in [1.54, 1.807) is 0 Å². The largest absolute Gasteiger partial charge is 0.389 e. The number of hydrogen-bond donors (Lipinski definition) is 1. The third-order valence-electron chi connectivity index (χ3n) is 11.8. The first-order chi connectivity index (χ1) is 13.7. The summed E-state index contributed by atoms with van der Waals surface area (Å²) < 4.78 is 0. The van der Waals surface area contributed by atoms with Crippen LogP contribution in [-0.4, -0.2) is 10.7 Å². The van der Waals surface area contributed by atoms with Crippen LogP contribution in [-0.2, 0) is 0 Å². The van der Waals surface area contributed by atoms with E-state index in [0.717, 1.165) is 60.2 Å². The predicted molar refractivity (Wildman–Crippen MR) is 122 cm³/mol. The Bertz CT molecular complexity index is 626. The summed E-state index contributed by atoms with van der Waals surface area (Å²) in [5, 5.41) is 11.8. The maximum absolute atomic E-state index is 11.8. The van der Waals surface area contributed by atoms with Crippen LogP contribution in [0.25, 0.3) is 0 Å². The molecule has 0 heterocycles. The topological polar surface area (TPSA) is 20.2 Å². The zero-order valence-electron chi connectivity index (χ0n) is 20.1. The van der Waals surface area contributed by atoms with Crippen molar-refractivity contribution in [3.63, 3.8) is 0 Å². The minimum absolute atomic E-state index is 0.218. The fraction of sp³-hybridized carbons (Fsp3) is 1.00. The summed E-state index contributed by atoms with van der Waals surface area (Å²) >= 11 is 0. The first kappa shape index (κ1) is 20.8. The van der Waals surface area contributed by atoms with E-state index < -0.39 is 0 Å². The van der Waals surface area contributed by atoms with Crippen molar-refractivity contribution >= 4 is 0 Å². The van der Waals surface area contributed by atoms with E-state index in [9.17, 15) is 5.11 Å². The van der Waals surface area contributed by atoms with Crippen LogP contribution in [0.1, 0.15) is 112 Å². The van der Waals surface area contributed by atoms with Crippen molar-refractivity contribution in [1.29, 1.82) is 0 Å². The SMILES string of the molecule is CC(C)CCC[C@@H](C)[C@H]1CC[C@H]2[C@@H]3CC[C@@]4(O)C[C@@H]5C[C@@H]5C[C@]4(C)[C@H]3CC[C@]12C. The van der Waals surface area contributed by atoms with Crippen molar-refractivity contribution in [2.75, 3.05) is 0 Å². The zero-order valence-corrected chi connectivity index (χ0v) is 20.1. The van der Waals surface area contributed by atoms with E-state index >= 15 is 0 Å². The summed E-state index contributed by atoms with van der Waals surface area (Å²) in [5.41, 5.74) is 0.471. The van der Waals surface area contributed by atoms with Gasteiger partial charge in [-0.2, -0.15) is 0 Å². The van der Waals surface area contributed by atoms with Crippen LogP contribution in [0.2, 0.25) is 0 Å². The highest BCUT2D eigenvalue weighted by atomic mass is 16.3. The lowest BCUT2D eigenvalue weighted by molar-refractivity contribution is -0.207. The Morgan fingerprint density at radius 1 is 0.862 bits per heavy atom. The molecule has 10 atom stereocenters. The molecule has 0 saturated heterocycles. The highest BCUT2D eigenvalue weighted by molar-refractivity contribution is 5.17. The fourth-order valence-electron chi connectivity index (χ4n) is 10.0. The quantitative estimate of drug-likeness (QED) is 0.507. The third kappa shape index (κ3) is 3.10. The molecule has 0 aromatic rings. The van der Waals surface area contributed by atoms with Gasteiger partial charge in [-0.25, -0.2) is 0 Å². The Morgan fingerprint density at radius 3 is 2.38 bits per heavy atom. The Balaban J connectivity index is 1.32. The third-order valence-corrected chi connectivity index (χ3v) is 11.8. The number of rotatable bonds is 5. The normalized spacial score (nSPS) is 54.3. The van der Waals surface area contributed by atoms with Gasteiger partial charge in [-0.15, -0.1) is 0 Å². The molecule has 29 heavy (non-hydrogen) atoms. The second kappa shape index (κ2) is 6.98. The van der Waals surface area contributed by atoms with E-state index in [1.165, 1.54) is 64.2 Å². The smallest absolute Gasteiger partial charge is 0.0706 e. The van der Waals surface area contributed by atoms with E-state index in [4.69, 9.17) is 0 Å². The van der Waals surface area contributed by atoms with Gasteiger partial charge < -0.3 is 5.11 Å². The zero-order chi connectivity index (χ0) is 20.6.